The molecule has 2 aromatic rings. The highest BCUT2D eigenvalue weighted by Gasteiger charge is 2.95. The number of hydrogen-bond donors (Lipinski definition) is 2. The number of fused-ring (bicyclic) bond motifs is 1. The quantitative estimate of drug-likeness (QED) is 0.137. The average Bonchev–Trinajstić information content (AvgIpc) is 3.14. The van der Waals surface area contributed by atoms with Crippen LogP contribution in [0.1, 0.15) is 46.0 Å². The first-order chi connectivity index (χ1) is 27.6. The molecule has 1 unspecified atom stereocenters. The highest BCUT2D eigenvalue weighted by atomic mass is 28.4. The molecule has 2 N–H and O–H groups in total. The summed E-state index contributed by atoms with van der Waals surface area (Å²) in [4.78, 5) is 12.4. The van der Waals surface area contributed by atoms with Crippen LogP contribution in [0.4, 0.5) is 74.6 Å². The summed E-state index contributed by atoms with van der Waals surface area (Å²) in [6.45, 7) is 2.61. The molecule has 2 heterocycles. The molecule has 1 amide bonds. The van der Waals surface area contributed by atoms with Gasteiger partial charge in [-0.3, -0.25) is 4.79 Å². The summed E-state index contributed by atoms with van der Waals surface area (Å²) in [6.07, 6.45) is -18.0. The molecule has 26 heteroatoms. The number of amides is 1. The summed E-state index contributed by atoms with van der Waals surface area (Å²) in [5, 5.41) is 12.3. The zero-order valence-corrected chi connectivity index (χ0v) is 32.7. The van der Waals surface area contributed by atoms with Gasteiger partial charge in [-0.05, 0) is 5.19 Å². The van der Waals surface area contributed by atoms with Crippen molar-refractivity contribution in [3.05, 3.63) is 66.2 Å². The molecule has 2 aliphatic heterocycles. The monoisotopic (exact) mass is 933 g/mol. The minimum atomic E-state index is -8.77. The standard InChI is InChI=1S/C35H36F17NO7Si/c1-18(54)53-22-23(55)24-21(17-56-25(59-24)19-11-7-5-8-12-19)58-26(22)60-61(27(2,3)4,20-13-9-6-10-14-20)57-16-15-28(36,37)29(38,39)30(40,41)31(42,43)32(44,45)33(46,47)34(48,49)35(50,51)52/h5-14,21-26,55H,15-17H2,1-4H3,(H,53,54)/t21-,22-,23-,24-,25-,26+,61?/m1/s1. The van der Waals surface area contributed by atoms with Crippen LogP contribution >= 0.6 is 0 Å². The fourth-order valence-corrected chi connectivity index (χ4v) is 9.94. The van der Waals surface area contributed by atoms with Crippen LogP contribution in [0.2, 0.25) is 5.04 Å². The van der Waals surface area contributed by atoms with Gasteiger partial charge in [0.05, 0.1) is 6.61 Å². The number of alkyl halides is 17. The molecule has 2 fully saturated rings. The molecule has 0 radical (unpaired) electrons. The van der Waals surface area contributed by atoms with Crippen LogP contribution in [0.15, 0.2) is 60.7 Å². The van der Waals surface area contributed by atoms with Crippen LogP contribution in [0, 0.1) is 0 Å². The number of ether oxygens (including phenoxy) is 3. The Kier molecular flexibility index (Phi) is 13.8. The Morgan fingerprint density at radius 2 is 1.20 bits per heavy atom. The predicted molar refractivity (Wildman–Crippen MR) is 176 cm³/mol. The van der Waals surface area contributed by atoms with Crippen LogP contribution in [0.25, 0.3) is 0 Å². The van der Waals surface area contributed by atoms with Gasteiger partial charge in [0.25, 0.3) is 0 Å². The largest absolute Gasteiger partial charge is 0.460 e. The molecule has 7 atom stereocenters. The third-order valence-corrected chi connectivity index (χ3v) is 14.0. The van der Waals surface area contributed by atoms with Crippen LogP contribution in [-0.4, -0.2) is 111 Å². The molecular formula is C35H36F17NO7Si. The van der Waals surface area contributed by atoms with Gasteiger partial charge in [-0.15, -0.1) is 0 Å². The molecule has 346 valence electrons. The van der Waals surface area contributed by atoms with Gasteiger partial charge >= 0.3 is 56.2 Å². The second kappa shape index (κ2) is 16.7. The molecule has 0 aliphatic carbocycles. The Balaban J connectivity index is 1.69. The molecule has 4 rings (SSSR count). The number of benzene rings is 2. The van der Waals surface area contributed by atoms with Crippen molar-refractivity contribution in [2.75, 3.05) is 13.2 Å². The number of nitrogens with one attached hydrogen (secondary N) is 1. The molecule has 2 saturated heterocycles. The molecule has 61 heavy (non-hydrogen) atoms. The van der Waals surface area contributed by atoms with Crippen molar-refractivity contribution >= 4 is 19.7 Å². The lowest BCUT2D eigenvalue weighted by Gasteiger charge is -2.51. The van der Waals surface area contributed by atoms with Gasteiger partial charge in [0.2, 0.25) is 5.91 Å². The molecule has 8 nitrogen and oxygen atoms in total. The first-order valence-electron chi connectivity index (χ1n) is 17.6. The number of halogens is 17. The molecule has 2 aromatic carbocycles. The van der Waals surface area contributed by atoms with Crippen molar-refractivity contribution in [1.82, 2.24) is 5.32 Å². The average molecular weight is 934 g/mol. The maximum Gasteiger partial charge on any atom is 0.460 e. The van der Waals surface area contributed by atoms with E-state index in [4.69, 9.17) is 23.1 Å². The third kappa shape index (κ3) is 8.57. The Labute approximate surface area is 335 Å². The van der Waals surface area contributed by atoms with Gasteiger partial charge in [0.15, 0.2) is 12.6 Å². The van der Waals surface area contributed by atoms with Gasteiger partial charge in [0, 0.05) is 30.6 Å². The number of carbonyl (C=O) groups excluding carboxylic acids is 1. The van der Waals surface area contributed by atoms with Gasteiger partial charge in [0.1, 0.15) is 24.4 Å². The Hall–Kier alpha value is -3.30. The first kappa shape index (κ1) is 50.3. The van der Waals surface area contributed by atoms with Crippen molar-refractivity contribution in [2.24, 2.45) is 0 Å². The van der Waals surface area contributed by atoms with Gasteiger partial charge in [-0.2, -0.15) is 74.6 Å². The molecule has 0 spiro atoms. The van der Waals surface area contributed by atoms with E-state index in [1.54, 1.807) is 30.3 Å². The second-order valence-corrected chi connectivity index (χ2v) is 18.9. The summed E-state index contributed by atoms with van der Waals surface area (Å²) >= 11 is 0. The summed E-state index contributed by atoms with van der Waals surface area (Å²) in [5.41, 5.74) is 0.498. The Morgan fingerprint density at radius 3 is 1.67 bits per heavy atom. The lowest BCUT2D eigenvalue weighted by atomic mass is 9.88. The number of rotatable bonds is 15. The van der Waals surface area contributed by atoms with Crippen LogP contribution in [0.3, 0.4) is 0 Å². The normalized spacial score (nSPS) is 25.1. The minimum absolute atomic E-state index is 0.0935. The topological polar surface area (TPSA) is 95.5 Å². The van der Waals surface area contributed by atoms with E-state index in [0.717, 1.165) is 6.92 Å². The lowest BCUT2D eigenvalue weighted by molar-refractivity contribution is -0.461. The van der Waals surface area contributed by atoms with E-state index < -0.39 is 117 Å². The summed E-state index contributed by atoms with van der Waals surface area (Å²) in [6, 6.07) is 13.1. The predicted octanol–water partition coefficient (Wildman–Crippen LogP) is 8.27. The second-order valence-electron chi connectivity index (χ2n) is 15.0. The molecule has 0 bridgehead atoms. The van der Waals surface area contributed by atoms with E-state index in [0.29, 0.717) is 5.56 Å². The summed E-state index contributed by atoms with van der Waals surface area (Å²) in [7, 11) is -4.83. The van der Waals surface area contributed by atoms with Crippen LogP contribution < -0.4 is 10.5 Å². The van der Waals surface area contributed by atoms with E-state index in [9.17, 15) is 75.8 Å². The van der Waals surface area contributed by atoms with E-state index in [1.807, 2.05) is 0 Å². The lowest BCUT2D eigenvalue weighted by Crippen LogP contribution is -2.74. The Morgan fingerprint density at radius 1 is 0.721 bits per heavy atom. The van der Waals surface area contributed by atoms with Crippen LogP contribution in [-0.2, 0) is 27.9 Å². The van der Waals surface area contributed by atoms with Gasteiger partial charge < -0.3 is 33.5 Å². The Bertz CT molecular complexity index is 1820. The SMILES string of the molecule is CC(=O)N[C@H]1[C@H](O[Si](OCCC(F)(F)C(F)(F)C(F)(F)C(F)(F)C(F)(F)C(F)(F)C(F)(F)C(F)(F)F)(c2ccccc2)C(C)(C)C)O[C@@H]2CO[C@@H](c3ccccc3)O[C@H]2[C@@H]1O. The molecule has 2 aliphatic rings. The highest BCUT2D eigenvalue weighted by molar-refractivity contribution is 6.83. The van der Waals surface area contributed by atoms with E-state index >= 15 is 8.78 Å². The summed E-state index contributed by atoms with van der Waals surface area (Å²) in [5.74, 6) is -58.3. The van der Waals surface area contributed by atoms with Crippen LogP contribution in [0.5, 0.6) is 0 Å². The highest BCUT2D eigenvalue weighted by Crippen LogP contribution is 2.64. The fraction of sp³-hybridized carbons (Fsp3) is 0.629. The van der Waals surface area contributed by atoms with Gasteiger partial charge in [-0.1, -0.05) is 81.4 Å². The zero-order chi connectivity index (χ0) is 46.6. The molecule has 0 aromatic heterocycles. The third-order valence-electron chi connectivity index (χ3n) is 9.74. The van der Waals surface area contributed by atoms with Crippen molar-refractivity contribution in [3.63, 3.8) is 0 Å². The first-order valence-corrected chi connectivity index (χ1v) is 19.4. The molecule has 0 saturated carbocycles. The smallest absolute Gasteiger partial charge is 0.390 e. The number of aliphatic hydroxyl groups excluding tert-OH is 1. The van der Waals surface area contributed by atoms with Gasteiger partial charge in [-0.25, -0.2) is 0 Å². The van der Waals surface area contributed by atoms with Crippen molar-refractivity contribution < 1.29 is 108 Å². The van der Waals surface area contributed by atoms with E-state index in [2.05, 4.69) is 5.32 Å². The minimum Gasteiger partial charge on any atom is -0.390 e. The maximum absolute atomic E-state index is 15.1. The van der Waals surface area contributed by atoms with Crippen molar-refractivity contribution in [2.45, 2.75) is 124 Å². The fourth-order valence-electron chi connectivity index (χ4n) is 6.37. The molecular weight excluding hydrogens is 897 g/mol. The maximum atomic E-state index is 15.1. The van der Waals surface area contributed by atoms with E-state index in [-0.39, 0.29) is 11.8 Å². The zero-order valence-electron chi connectivity index (χ0n) is 31.7. The van der Waals surface area contributed by atoms with Crippen molar-refractivity contribution in [1.29, 1.82) is 0 Å². The summed E-state index contributed by atoms with van der Waals surface area (Å²) < 4.78 is 267. The number of carbonyl (C=O) groups is 1. The van der Waals surface area contributed by atoms with Crippen molar-refractivity contribution in [3.8, 4) is 0 Å². The number of aliphatic hydroxyl groups is 1. The van der Waals surface area contributed by atoms with E-state index in [1.165, 1.54) is 51.1 Å². The number of hydrogen-bond acceptors (Lipinski definition) is 7.